The second-order valence-electron chi connectivity index (χ2n) is 7.25. The van der Waals surface area contributed by atoms with Crippen molar-refractivity contribution in [3.05, 3.63) is 69.8 Å². The van der Waals surface area contributed by atoms with Gasteiger partial charge in [0.2, 0.25) is 0 Å². The number of rotatable bonds is 6. The first kappa shape index (κ1) is 18.4. The fraction of sp³-hybridized carbons (Fsp3) is 0.400. The molecule has 1 aliphatic rings. The van der Waals surface area contributed by atoms with E-state index in [0.29, 0.717) is 13.1 Å². The lowest BCUT2D eigenvalue weighted by atomic mass is 10.0. The number of aliphatic hydroxyl groups is 1. The van der Waals surface area contributed by atoms with E-state index in [1.807, 2.05) is 37.1 Å². The summed E-state index contributed by atoms with van der Waals surface area (Å²) in [6.07, 6.45) is 0.718. The molecule has 0 bridgehead atoms. The van der Waals surface area contributed by atoms with E-state index in [-0.39, 0.29) is 10.6 Å². The third-order valence-corrected chi connectivity index (χ3v) is 4.99. The quantitative estimate of drug-likeness (QED) is 0.637. The molecule has 0 amide bonds. The summed E-state index contributed by atoms with van der Waals surface area (Å²) in [5, 5.41) is 21.9. The first-order chi connectivity index (χ1) is 12.4. The number of nitro benzene ring substituents is 1. The summed E-state index contributed by atoms with van der Waals surface area (Å²) < 4.78 is 0. The minimum absolute atomic E-state index is 0.0910. The molecule has 2 aromatic rings. The normalized spacial score (nSPS) is 20.3. The molecular formula is C20H25N3O3. The number of aryl methyl sites for hydroxylation is 1. The molecule has 0 spiro atoms. The van der Waals surface area contributed by atoms with Crippen LogP contribution in [-0.2, 0) is 6.54 Å². The lowest BCUT2D eigenvalue weighted by Crippen LogP contribution is -2.44. The van der Waals surface area contributed by atoms with Gasteiger partial charge in [-0.25, -0.2) is 0 Å². The zero-order valence-electron chi connectivity index (χ0n) is 15.3. The first-order valence-corrected chi connectivity index (χ1v) is 8.81. The Labute approximate surface area is 153 Å². The molecule has 0 aromatic heterocycles. The molecule has 3 rings (SSSR count). The molecule has 0 aliphatic carbocycles. The van der Waals surface area contributed by atoms with Crippen molar-refractivity contribution in [2.45, 2.75) is 25.5 Å². The summed E-state index contributed by atoms with van der Waals surface area (Å²) in [4.78, 5) is 14.8. The number of likely N-dealkylation sites (N-methyl/N-ethyl adjacent to an activating group) is 1. The fourth-order valence-corrected chi connectivity index (χ4v) is 3.75. The van der Waals surface area contributed by atoms with Gasteiger partial charge < -0.3 is 10.0 Å². The van der Waals surface area contributed by atoms with Gasteiger partial charge in [0, 0.05) is 51.0 Å². The number of hydrogen-bond acceptors (Lipinski definition) is 5. The number of nitro groups is 1. The Morgan fingerprint density at radius 1 is 1.27 bits per heavy atom. The lowest BCUT2D eigenvalue weighted by molar-refractivity contribution is -0.384. The van der Waals surface area contributed by atoms with Crippen LogP contribution in [0.1, 0.15) is 17.5 Å². The van der Waals surface area contributed by atoms with Gasteiger partial charge in [-0.2, -0.15) is 0 Å². The summed E-state index contributed by atoms with van der Waals surface area (Å²) in [6.45, 7) is 4.68. The highest BCUT2D eigenvalue weighted by Crippen LogP contribution is 2.28. The van der Waals surface area contributed by atoms with Gasteiger partial charge in [0.05, 0.1) is 10.5 Å². The van der Waals surface area contributed by atoms with Crippen molar-refractivity contribution < 1.29 is 10.0 Å². The Hall–Kier alpha value is -2.44. The van der Waals surface area contributed by atoms with Crippen LogP contribution in [0, 0.1) is 17.0 Å². The van der Waals surface area contributed by atoms with Crippen molar-refractivity contribution in [3.8, 4) is 0 Å². The second-order valence-corrected chi connectivity index (χ2v) is 7.25. The van der Waals surface area contributed by atoms with Gasteiger partial charge in [-0.05, 0) is 30.5 Å². The molecule has 1 fully saturated rings. The Kier molecular flexibility index (Phi) is 5.25. The maximum absolute atomic E-state index is 11.0. The van der Waals surface area contributed by atoms with Crippen LogP contribution in [0.5, 0.6) is 0 Å². The number of non-ortho nitro benzene ring substituents is 1. The van der Waals surface area contributed by atoms with Crippen molar-refractivity contribution in [2.75, 3.05) is 31.6 Å². The van der Waals surface area contributed by atoms with Crippen LogP contribution >= 0.6 is 0 Å². The van der Waals surface area contributed by atoms with Gasteiger partial charge in [-0.3, -0.25) is 15.0 Å². The average molecular weight is 355 g/mol. The molecular weight excluding hydrogens is 330 g/mol. The van der Waals surface area contributed by atoms with E-state index in [4.69, 9.17) is 0 Å². The van der Waals surface area contributed by atoms with Crippen LogP contribution in [0.3, 0.4) is 0 Å². The molecule has 0 radical (unpaired) electrons. The van der Waals surface area contributed by atoms with Gasteiger partial charge in [0.25, 0.3) is 5.69 Å². The van der Waals surface area contributed by atoms with Crippen LogP contribution < -0.4 is 4.90 Å². The first-order valence-electron chi connectivity index (χ1n) is 8.81. The topological polar surface area (TPSA) is 69.8 Å². The smallest absolute Gasteiger partial charge is 0.269 e. The molecule has 2 aromatic carbocycles. The van der Waals surface area contributed by atoms with Gasteiger partial charge >= 0.3 is 0 Å². The number of anilines is 1. The monoisotopic (exact) mass is 355 g/mol. The van der Waals surface area contributed by atoms with Crippen LogP contribution in [0.15, 0.2) is 48.5 Å². The number of hydrogen-bond donors (Lipinski definition) is 1. The minimum atomic E-state index is -0.780. The molecule has 138 valence electrons. The van der Waals surface area contributed by atoms with E-state index < -0.39 is 5.60 Å². The van der Waals surface area contributed by atoms with Crippen LogP contribution in [-0.4, -0.2) is 47.2 Å². The molecule has 1 atom stereocenters. The molecule has 1 unspecified atom stereocenters. The molecule has 26 heavy (non-hydrogen) atoms. The maximum atomic E-state index is 11.0. The maximum Gasteiger partial charge on any atom is 0.269 e. The Morgan fingerprint density at radius 3 is 2.65 bits per heavy atom. The van der Waals surface area contributed by atoms with Crippen molar-refractivity contribution in [1.82, 2.24) is 4.90 Å². The summed E-state index contributed by atoms with van der Waals surface area (Å²) >= 11 is 0. The number of β-amino-alcohol motifs (C(OH)–C–C–N with tert-alkyl or cyclic N) is 1. The van der Waals surface area contributed by atoms with Crippen molar-refractivity contribution in [1.29, 1.82) is 0 Å². The molecule has 1 heterocycles. The predicted octanol–water partition coefficient (Wildman–Crippen LogP) is 2.98. The van der Waals surface area contributed by atoms with E-state index >= 15 is 0 Å². The highest BCUT2D eigenvalue weighted by atomic mass is 16.6. The molecule has 6 heteroatoms. The third-order valence-electron chi connectivity index (χ3n) is 4.99. The fourth-order valence-electron chi connectivity index (χ4n) is 3.75. The summed E-state index contributed by atoms with van der Waals surface area (Å²) in [5.41, 5.74) is 2.30. The van der Waals surface area contributed by atoms with Crippen molar-refractivity contribution >= 4 is 11.4 Å². The Morgan fingerprint density at radius 2 is 2.00 bits per heavy atom. The van der Waals surface area contributed by atoms with E-state index in [1.54, 1.807) is 12.1 Å². The van der Waals surface area contributed by atoms with Crippen LogP contribution in [0.25, 0.3) is 0 Å². The summed E-state index contributed by atoms with van der Waals surface area (Å²) in [5.74, 6) is 0. The zero-order valence-corrected chi connectivity index (χ0v) is 15.3. The van der Waals surface area contributed by atoms with Crippen molar-refractivity contribution in [2.24, 2.45) is 0 Å². The lowest BCUT2D eigenvalue weighted by Gasteiger charge is -2.31. The van der Waals surface area contributed by atoms with Gasteiger partial charge in [-0.1, -0.05) is 30.3 Å². The van der Waals surface area contributed by atoms with Crippen LogP contribution in [0.4, 0.5) is 11.4 Å². The Bertz CT molecular complexity index is 781. The molecule has 1 N–H and O–H groups in total. The number of likely N-dealkylation sites (tertiary alicyclic amines) is 1. The van der Waals surface area contributed by atoms with E-state index in [2.05, 4.69) is 17.0 Å². The van der Waals surface area contributed by atoms with Crippen molar-refractivity contribution in [3.63, 3.8) is 0 Å². The Balaban J connectivity index is 1.64. The zero-order chi connectivity index (χ0) is 18.7. The standard InChI is InChI=1S/C20H25N3O3/c1-16-12-18(23(25)26)8-9-19(16)21(2)14-20(24)10-11-22(15-20)13-17-6-4-3-5-7-17/h3-9,12,24H,10-11,13-15H2,1-2H3. The SMILES string of the molecule is Cc1cc([N+](=O)[O-])ccc1N(C)CC1(O)CCN(Cc2ccccc2)C1. The molecule has 1 aliphatic heterocycles. The minimum Gasteiger partial charge on any atom is -0.387 e. The van der Waals surface area contributed by atoms with Gasteiger partial charge in [-0.15, -0.1) is 0 Å². The van der Waals surface area contributed by atoms with Crippen LogP contribution in [0.2, 0.25) is 0 Å². The number of nitrogens with zero attached hydrogens (tertiary/aromatic N) is 3. The molecule has 6 nitrogen and oxygen atoms in total. The highest BCUT2D eigenvalue weighted by molar-refractivity contribution is 5.57. The average Bonchev–Trinajstić information content (AvgIpc) is 2.95. The van der Waals surface area contributed by atoms with E-state index in [0.717, 1.165) is 30.8 Å². The molecule has 0 saturated carbocycles. The number of benzene rings is 2. The summed E-state index contributed by atoms with van der Waals surface area (Å²) in [6, 6.07) is 15.1. The van der Waals surface area contributed by atoms with E-state index in [1.165, 1.54) is 11.6 Å². The highest BCUT2D eigenvalue weighted by Gasteiger charge is 2.37. The summed E-state index contributed by atoms with van der Waals surface area (Å²) in [7, 11) is 1.92. The third kappa shape index (κ3) is 4.20. The predicted molar refractivity (Wildman–Crippen MR) is 102 cm³/mol. The van der Waals surface area contributed by atoms with Gasteiger partial charge in [0.1, 0.15) is 0 Å². The van der Waals surface area contributed by atoms with Gasteiger partial charge in [0.15, 0.2) is 0 Å². The van der Waals surface area contributed by atoms with E-state index in [9.17, 15) is 15.2 Å². The molecule has 1 saturated heterocycles. The second kappa shape index (κ2) is 7.43. The largest absolute Gasteiger partial charge is 0.387 e.